The van der Waals surface area contributed by atoms with Crippen molar-refractivity contribution in [2.45, 2.75) is 50.8 Å². The van der Waals surface area contributed by atoms with Gasteiger partial charge in [0.25, 0.3) is 0 Å². The summed E-state index contributed by atoms with van der Waals surface area (Å²) in [5, 5.41) is 20.5. The summed E-state index contributed by atoms with van der Waals surface area (Å²) >= 11 is 12.7. The Bertz CT molecular complexity index is 1190. The monoisotopic (exact) mass is 516 g/mol. The van der Waals surface area contributed by atoms with Crippen LogP contribution in [0.15, 0.2) is 42.0 Å². The molecular weight excluding hydrogens is 491 g/mol. The zero-order valence-corrected chi connectivity index (χ0v) is 20.7. The molecule has 3 heterocycles. The van der Waals surface area contributed by atoms with Crippen LogP contribution in [-0.2, 0) is 4.79 Å². The Labute approximate surface area is 213 Å². The number of fused-ring (bicyclic) bond motifs is 2. The van der Waals surface area contributed by atoms with E-state index in [1.165, 1.54) is 4.90 Å². The van der Waals surface area contributed by atoms with Gasteiger partial charge in [-0.3, -0.25) is 4.90 Å². The van der Waals surface area contributed by atoms with Gasteiger partial charge in [-0.2, -0.15) is 0 Å². The fourth-order valence-electron chi connectivity index (χ4n) is 5.65. The molecule has 0 saturated carbocycles. The summed E-state index contributed by atoms with van der Waals surface area (Å²) in [5.74, 6) is -0.537. The maximum absolute atomic E-state index is 12.1. The van der Waals surface area contributed by atoms with Gasteiger partial charge in [0.15, 0.2) is 5.75 Å². The number of nitrogens with zero attached hydrogens (tertiary/aromatic N) is 2. The van der Waals surface area contributed by atoms with Crippen molar-refractivity contribution in [3.63, 3.8) is 0 Å². The molecule has 0 aliphatic carbocycles. The van der Waals surface area contributed by atoms with Crippen molar-refractivity contribution in [3.8, 4) is 5.75 Å². The van der Waals surface area contributed by atoms with E-state index in [4.69, 9.17) is 27.9 Å². The van der Waals surface area contributed by atoms with Crippen molar-refractivity contribution >= 4 is 46.5 Å². The zero-order valence-electron chi connectivity index (χ0n) is 19.2. The lowest BCUT2D eigenvalue weighted by molar-refractivity contribution is -0.133. The topological polar surface area (TPSA) is 90.3 Å². The molecular formula is C26H26Cl2N2O5. The molecule has 0 aromatic heterocycles. The second-order valence-electron chi connectivity index (χ2n) is 9.42. The van der Waals surface area contributed by atoms with Crippen LogP contribution in [0.3, 0.4) is 0 Å². The summed E-state index contributed by atoms with van der Waals surface area (Å²) in [6.45, 7) is 3.42. The zero-order chi connectivity index (χ0) is 24.9. The fourth-order valence-corrected chi connectivity index (χ4v) is 6.33. The summed E-state index contributed by atoms with van der Waals surface area (Å²) < 4.78 is 6.13. The third-order valence-corrected chi connectivity index (χ3v) is 7.77. The number of halogens is 2. The third-order valence-electron chi connectivity index (χ3n) is 7.20. The van der Waals surface area contributed by atoms with E-state index < -0.39 is 18.1 Å². The molecule has 2 aromatic carbocycles. The molecule has 5 rings (SSSR count). The maximum atomic E-state index is 12.1. The number of aliphatic carboxylic acids is 1. The molecule has 3 aliphatic heterocycles. The SMILES string of the molecule is Cc1cc(Cl)c(O[C@@H]2CCN(c3ccc(C4=C(C(=O)O)[C@@H]5CC[C@H](C4)N5C(=O)O)cc3)C2)c(Cl)c1. The minimum Gasteiger partial charge on any atom is -0.485 e. The molecule has 2 bridgehead atoms. The van der Waals surface area contributed by atoms with E-state index in [2.05, 4.69) is 4.90 Å². The number of hydrogen-bond acceptors (Lipinski definition) is 4. The predicted octanol–water partition coefficient (Wildman–Crippen LogP) is 5.71. The molecule has 9 heteroatoms. The average Bonchev–Trinajstić information content (AvgIpc) is 3.39. The Morgan fingerprint density at radius 2 is 1.71 bits per heavy atom. The lowest BCUT2D eigenvalue weighted by Crippen LogP contribution is -2.45. The molecule has 0 unspecified atom stereocenters. The van der Waals surface area contributed by atoms with Crippen molar-refractivity contribution in [1.82, 2.24) is 4.90 Å². The predicted molar refractivity (Wildman–Crippen MR) is 135 cm³/mol. The molecule has 0 radical (unpaired) electrons. The van der Waals surface area contributed by atoms with Crippen LogP contribution in [0, 0.1) is 6.92 Å². The van der Waals surface area contributed by atoms with Crippen molar-refractivity contribution < 1.29 is 24.5 Å². The number of ether oxygens (including phenoxy) is 1. The molecule has 1 amide bonds. The number of carbonyl (C=O) groups is 2. The van der Waals surface area contributed by atoms with Gasteiger partial charge in [-0.25, -0.2) is 9.59 Å². The highest BCUT2D eigenvalue weighted by Gasteiger charge is 2.46. The summed E-state index contributed by atoms with van der Waals surface area (Å²) in [7, 11) is 0. The van der Waals surface area contributed by atoms with E-state index in [0.717, 1.165) is 35.4 Å². The van der Waals surface area contributed by atoms with Gasteiger partial charge in [0.1, 0.15) is 6.10 Å². The van der Waals surface area contributed by atoms with Crippen LogP contribution in [-0.4, -0.2) is 58.5 Å². The Balaban J connectivity index is 1.33. The number of carboxylic acid groups (broad SMARTS) is 2. The second-order valence-corrected chi connectivity index (χ2v) is 10.2. The Kier molecular flexibility index (Phi) is 6.32. The largest absolute Gasteiger partial charge is 0.485 e. The van der Waals surface area contributed by atoms with E-state index in [1.54, 1.807) is 0 Å². The second kappa shape index (κ2) is 9.28. The van der Waals surface area contributed by atoms with E-state index in [1.807, 2.05) is 43.3 Å². The quantitative estimate of drug-likeness (QED) is 0.528. The van der Waals surface area contributed by atoms with Gasteiger partial charge in [0.2, 0.25) is 0 Å². The van der Waals surface area contributed by atoms with Crippen LogP contribution in [0.2, 0.25) is 10.0 Å². The summed E-state index contributed by atoms with van der Waals surface area (Å²) in [6, 6.07) is 10.8. The van der Waals surface area contributed by atoms with Gasteiger partial charge >= 0.3 is 12.1 Å². The molecule has 184 valence electrons. The number of benzene rings is 2. The molecule has 0 spiro atoms. The number of aryl methyl sites for hydroxylation is 1. The normalized spacial score (nSPS) is 23.7. The summed E-state index contributed by atoms with van der Waals surface area (Å²) in [6.07, 6.45) is 1.37. The number of anilines is 1. The van der Waals surface area contributed by atoms with Crippen molar-refractivity contribution in [1.29, 1.82) is 0 Å². The minimum atomic E-state index is -1.05. The maximum Gasteiger partial charge on any atom is 0.408 e. The molecule has 3 aliphatic rings. The number of hydrogen-bond donors (Lipinski definition) is 2. The van der Waals surface area contributed by atoms with E-state index >= 15 is 0 Å². The molecule has 7 nitrogen and oxygen atoms in total. The van der Waals surface area contributed by atoms with Crippen LogP contribution in [0.5, 0.6) is 5.75 Å². The Hall–Kier alpha value is -2.90. The Morgan fingerprint density at radius 1 is 1.03 bits per heavy atom. The minimum absolute atomic E-state index is 0.0512. The molecule has 2 fully saturated rings. The number of rotatable bonds is 5. The lowest BCUT2D eigenvalue weighted by atomic mass is 9.88. The van der Waals surface area contributed by atoms with Gasteiger partial charge in [0.05, 0.1) is 28.2 Å². The number of amides is 1. The first-order valence-electron chi connectivity index (χ1n) is 11.7. The highest BCUT2D eigenvalue weighted by atomic mass is 35.5. The van der Waals surface area contributed by atoms with Gasteiger partial charge < -0.3 is 19.8 Å². The van der Waals surface area contributed by atoms with Gasteiger partial charge in [-0.15, -0.1) is 0 Å². The van der Waals surface area contributed by atoms with Crippen molar-refractivity contribution in [2.24, 2.45) is 0 Å². The van der Waals surface area contributed by atoms with Crippen LogP contribution < -0.4 is 9.64 Å². The standard InChI is InChI=1S/C26H26Cl2N2O5/c1-14-10-20(27)24(21(28)11-14)35-18-8-9-29(13-18)16-4-2-15(3-5-16)19-12-17-6-7-22(23(19)25(31)32)30(17)26(33)34/h2-5,10-11,17-18,22H,6-9,12-13H2,1H3,(H,31,32)(H,33,34)/t17-,18-,22+/m1/s1. The lowest BCUT2D eigenvalue weighted by Gasteiger charge is -2.34. The highest BCUT2D eigenvalue weighted by Crippen LogP contribution is 2.43. The first-order valence-corrected chi connectivity index (χ1v) is 12.4. The molecule has 2 N–H and O–H groups in total. The first-order chi connectivity index (χ1) is 16.7. The van der Waals surface area contributed by atoms with Crippen molar-refractivity contribution in [3.05, 3.63) is 63.1 Å². The van der Waals surface area contributed by atoms with Crippen LogP contribution in [0.25, 0.3) is 5.57 Å². The molecule has 2 saturated heterocycles. The molecule has 3 atom stereocenters. The van der Waals surface area contributed by atoms with Crippen molar-refractivity contribution in [2.75, 3.05) is 18.0 Å². The fraction of sp³-hybridized carbons (Fsp3) is 0.385. The van der Waals surface area contributed by atoms with Gasteiger partial charge in [0, 0.05) is 24.7 Å². The highest BCUT2D eigenvalue weighted by molar-refractivity contribution is 6.37. The van der Waals surface area contributed by atoms with Gasteiger partial charge in [-0.1, -0.05) is 35.3 Å². The number of carboxylic acids is 1. The van der Waals surface area contributed by atoms with Gasteiger partial charge in [-0.05, 0) is 67.2 Å². The summed E-state index contributed by atoms with van der Waals surface area (Å²) in [4.78, 5) is 27.3. The average molecular weight is 517 g/mol. The van der Waals surface area contributed by atoms with Crippen LogP contribution in [0.1, 0.15) is 36.8 Å². The summed E-state index contributed by atoms with van der Waals surface area (Å²) in [5.41, 5.74) is 3.77. The Morgan fingerprint density at radius 3 is 2.34 bits per heavy atom. The molecule has 35 heavy (non-hydrogen) atoms. The molecule has 2 aromatic rings. The van der Waals surface area contributed by atoms with E-state index in [9.17, 15) is 19.8 Å². The third kappa shape index (κ3) is 4.43. The van der Waals surface area contributed by atoms with E-state index in [0.29, 0.717) is 41.6 Å². The van der Waals surface area contributed by atoms with E-state index in [-0.39, 0.29) is 17.7 Å². The van der Waals surface area contributed by atoms with Crippen LogP contribution >= 0.6 is 23.2 Å². The smallest absolute Gasteiger partial charge is 0.408 e. The van der Waals surface area contributed by atoms with Crippen LogP contribution in [0.4, 0.5) is 10.5 Å². The first kappa shape index (κ1) is 23.8.